The highest BCUT2D eigenvalue weighted by molar-refractivity contribution is 5.76. The Kier molecular flexibility index (Phi) is 5.07. The molecule has 5 nitrogen and oxygen atoms in total. The lowest BCUT2D eigenvalue weighted by atomic mass is 9.94. The molecule has 1 saturated heterocycles. The van der Waals surface area contributed by atoms with E-state index >= 15 is 0 Å². The van der Waals surface area contributed by atoms with E-state index < -0.39 is 0 Å². The van der Waals surface area contributed by atoms with Crippen molar-refractivity contribution >= 4 is 11.6 Å². The summed E-state index contributed by atoms with van der Waals surface area (Å²) < 4.78 is 11.2. The van der Waals surface area contributed by atoms with Gasteiger partial charge in [0.15, 0.2) is 0 Å². The van der Waals surface area contributed by atoms with Gasteiger partial charge in [-0.25, -0.2) is 0 Å². The Morgan fingerprint density at radius 1 is 1.48 bits per heavy atom. The summed E-state index contributed by atoms with van der Waals surface area (Å²) >= 11 is 0. The van der Waals surface area contributed by atoms with Gasteiger partial charge in [0.25, 0.3) is 0 Å². The Labute approximate surface area is 125 Å². The molecule has 1 aromatic rings. The molecule has 0 aliphatic carbocycles. The summed E-state index contributed by atoms with van der Waals surface area (Å²) in [6.45, 7) is 5.11. The molecular formula is C16H24N2O3. The van der Waals surface area contributed by atoms with Crippen molar-refractivity contribution in [1.82, 2.24) is 5.32 Å². The van der Waals surface area contributed by atoms with Gasteiger partial charge < -0.3 is 20.5 Å². The van der Waals surface area contributed by atoms with Crippen LogP contribution in [-0.2, 0) is 9.53 Å². The summed E-state index contributed by atoms with van der Waals surface area (Å²) in [5.41, 5.74) is 6.20. The highest BCUT2D eigenvalue weighted by atomic mass is 16.5. The van der Waals surface area contributed by atoms with E-state index in [-0.39, 0.29) is 17.6 Å². The average Bonchev–Trinajstić information content (AvgIpc) is 2.40. The normalized spacial score (nSPS) is 20.8. The second-order valence-electron chi connectivity index (χ2n) is 6.00. The first kappa shape index (κ1) is 15.6. The van der Waals surface area contributed by atoms with Gasteiger partial charge in [0.2, 0.25) is 5.91 Å². The van der Waals surface area contributed by atoms with Crippen molar-refractivity contribution < 1.29 is 14.3 Å². The molecule has 21 heavy (non-hydrogen) atoms. The van der Waals surface area contributed by atoms with E-state index in [0.29, 0.717) is 31.1 Å². The molecular weight excluding hydrogens is 268 g/mol. The Hall–Kier alpha value is -1.75. The zero-order valence-corrected chi connectivity index (χ0v) is 12.7. The number of nitrogens with two attached hydrogens (primary N) is 1. The summed E-state index contributed by atoms with van der Waals surface area (Å²) in [6.07, 6.45) is 2.03. The predicted molar refractivity (Wildman–Crippen MR) is 82.2 cm³/mol. The molecule has 2 rings (SSSR count). The zero-order valence-electron chi connectivity index (χ0n) is 12.7. The standard InChI is InChI=1S/C16H24N2O3/c1-16(2)11-12(7-10-21-16)18-15(19)8-9-20-14-6-4-3-5-13(14)17/h3-6,12H,7-11,17H2,1-2H3,(H,18,19). The van der Waals surface area contributed by atoms with Crippen LogP contribution in [0.2, 0.25) is 0 Å². The maximum absolute atomic E-state index is 11.9. The van der Waals surface area contributed by atoms with E-state index in [2.05, 4.69) is 5.32 Å². The summed E-state index contributed by atoms with van der Waals surface area (Å²) in [5, 5.41) is 3.05. The summed E-state index contributed by atoms with van der Waals surface area (Å²) in [6, 6.07) is 7.47. The summed E-state index contributed by atoms with van der Waals surface area (Å²) in [5.74, 6) is 0.629. The van der Waals surface area contributed by atoms with Gasteiger partial charge in [-0.15, -0.1) is 0 Å². The second-order valence-corrected chi connectivity index (χ2v) is 6.00. The Morgan fingerprint density at radius 2 is 2.24 bits per heavy atom. The number of anilines is 1. The number of hydrogen-bond acceptors (Lipinski definition) is 4. The van der Waals surface area contributed by atoms with Gasteiger partial charge in [0, 0.05) is 12.6 Å². The first-order chi connectivity index (χ1) is 9.96. The lowest BCUT2D eigenvalue weighted by Gasteiger charge is -2.35. The van der Waals surface area contributed by atoms with Crippen LogP contribution >= 0.6 is 0 Å². The third kappa shape index (κ3) is 4.93. The van der Waals surface area contributed by atoms with Crippen molar-refractivity contribution in [1.29, 1.82) is 0 Å². The quantitative estimate of drug-likeness (QED) is 0.815. The second kappa shape index (κ2) is 6.80. The first-order valence-electron chi connectivity index (χ1n) is 7.37. The molecule has 1 heterocycles. The maximum Gasteiger partial charge on any atom is 0.223 e. The number of benzene rings is 1. The van der Waals surface area contributed by atoms with Crippen LogP contribution < -0.4 is 15.8 Å². The minimum atomic E-state index is -0.162. The molecule has 0 radical (unpaired) electrons. The topological polar surface area (TPSA) is 73.6 Å². The first-order valence-corrected chi connectivity index (χ1v) is 7.37. The largest absolute Gasteiger partial charge is 0.491 e. The van der Waals surface area contributed by atoms with Crippen LogP contribution in [0.5, 0.6) is 5.75 Å². The van der Waals surface area contributed by atoms with Crippen molar-refractivity contribution in [3.63, 3.8) is 0 Å². The molecule has 1 fully saturated rings. The van der Waals surface area contributed by atoms with E-state index in [0.717, 1.165) is 12.8 Å². The van der Waals surface area contributed by atoms with Gasteiger partial charge in [-0.1, -0.05) is 12.1 Å². The number of ether oxygens (including phenoxy) is 2. The van der Waals surface area contributed by atoms with Gasteiger partial charge >= 0.3 is 0 Å². The molecule has 1 amide bonds. The molecule has 1 aliphatic heterocycles. The van der Waals surface area contributed by atoms with E-state index in [1.807, 2.05) is 26.0 Å². The molecule has 5 heteroatoms. The van der Waals surface area contributed by atoms with Crippen LogP contribution in [0.1, 0.15) is 33.1 Å². The van der Waals surface area contributed by atoms with Crippen LogP contribution in [0.4, 0.5) is 5.69 Å². The molecule has 0 saturated carbocycles. The van der Waals surface area contributed by atoms with Crippen LogP contribution in [0.25, 0.3) is 0 Å². The van der Waals surface area contributed by atoms with Crippen molar-refractivity contribution in [3.05, 3.63) is 24.3 Å². The fourth-order valence-corrected chi connectivity index (χ4v) is 2.52. The zero-order chi connectivity index (χ0) is 15.3. The van der Waals surface area contributed by atoms with E-state index in [9.17, 15) is 4.79 Å². The number of nitrogens with one attached hydrogen (secondary N) is 1. The minimum absolute atomic E-state index is 0.00667. The number of amides is 1. The molecule has 116 valence electrons. The van der Waals surface area contributed by atoms with E-state index in [1.54, 1.807) is 12.1 Å². The van der Waals surface area contributed by atoms with Gasteiger partial charge in [-0.05, 0) is 38.8 Å². The molecule has 1 aliphatic rings. The van der Waals surface area contributed by atoms with Gasteiger partial charge in [-0.2, -0.15) is 0 Å². The Balaban J connectivity index is 1.72. The van der Waals surface area contributed by atoms with E-state index in [1.165, 1.54) is 0 Å². The molecule has 0 spiro atoms. The Morgan fingerprint density at radius 3 is 2.95 bits per heavy atom. The average molecular weight is 292 g/mol. The summed E-state index contributed by atoms with van der Waals surface area (Å²) in [4.78, 5) is 11.9. The van der Waals surface area contributed by atoms with Crippen molar-refractivity contribution in [3.8, 4) is 5.75 Å². The van der Waals surface area contributed by atoms with Crippen LogP contribution in [0.15, 0.2) is 24.3 Å². The number of carbonyl (C=O) groups excluding carboxylic acids is 1. The van der Waals surface area contributed by atoms with Gasteiger partial charge in [-0.3, -0.25) is 4.79 Å². The highest BCUT2D eigenvalue weighted by Crippen LogP contribution is 2.24. The third-order valence-electron chi connectivity index (χ3n) is 3.57. The fourth-order valence-electron chi connectivity index (χ4n) is 2.52. The third-order valence-corrected chi connectivity index (χ3v) is 3.57. The SMILES string of the molecule is CC1(C)CC(NC(=O)CCOc2ccccc2N)CCO1. The van der Waals surface area contributed by atoms with Gasteiger partial charge in [0.1, 0.15) is 5.75 Å². The summed E-state index contributed by atoms with van der Waals surface area (Å²) in [7, 11) is 0. The number of nitrogen functional groups attached to an aromatic ring is 1. The molecule has 3 N–H and O–H groups in total. The van der Waals surface area contributed by atoms with Crippen molar-refractivity contribution in [2.24, 2.45) is 0 Å². The lowest BCUT2D eigenvalue weighted by Crippen LogP contribution is -2.46. The number of hydrogen-bond donors (Lipinski definition) is 2. The smallest absolute Gasteiger partial charge is 0.223 e. The van der Waals surface area contributed by atoms with Crippen LogP contribution in [-0.4, -0.2) is 30.8 Å². The van der Waals surface area contributed by atoms with Crippen LogP contribution in [0.3, 0.4) is 0 Å². The van der Waals surface area contributed by atoms with E-state index in [4.69, 9.17) is 15.2 Å². The molecule has 0 aromatic heterocycles. The van der Waals surface area contributed by atoms with Crippen LogP contribution in [0, 0.1) is 0 Å². The number of rotatable bonds is 5. The lowest BCUT2D eigenvalue weighted by molar-refractivity contribution is -0.124. The van der Waals surface area contributed by atoms with Crippen molar-refractivity contribution in [2.75, 3.05) is 18.9 Å². The monoisotopic (exact) mass is 292 g/mol. The molecule has 1 atom stereocenters. The highest BCUT2D eigenvalue weighted by Gasteiger charge is 2.29. The molecule has 0 bridgehead atoms. The minimum Gasteiger partial charge on any atom is -0.491 e. The molecule has 1 unspecified atom stereocenters. The fraction of sp³-hybridized carbons (Fsp3) is 0.562. The molecule has 1 aromatic carbocycles. The predicted octanol–water partition coefficient (Wildman–Crippen LogP) is 2.11. The number of para-hydroxylation sites is 2. The Bertz CT molecular complexity index is 488. The van der Waals surface area contributed by atoms with Crippen molar-refractivity contribution in [2.45, 2.75) is 44.8 Å². The maximum atomic E-state index is 11.9. The van der Waals surface area contributed by atoms with Gasteiger partial charge in [0.05, 0.1) is 24.3 Å². The number of carbonyl (C=O) groups is 1.